The molecule has 0 atom stereocenters. The highest BCUT2D eigenvalue weighted by molar-refractivity contribution is 5.63. The number of nitro benzene ring substituents is 1. The van der Waals surface area contributed by atoms with Crippen molar-refractivity contribution in [3.63, 3.8) is 0 Å². The van der Waals surface area contributed by atoms with E-state index < -0.39 is 10.7 Å². The van der Waals surface area contributed by atoms with Gasteiger partial charge in [-0.1, -0.05) is 0 Å². The second kappa shape index (κ2) is 5.47. The molecule has 0 unspecified atom stereocenters. The first-order chi connectivity index (χ1) is 9.08. The van der Waals surface area contributed by atoms with Crippen LogP contribution in [0.25, 0.3) is 0 Å². The molecule has 0 aliphatic heterocycles. The zero-order chi connectivity index (χ0) is 13.8. The number of benzene rings is 1. The molecule has 1 heterocycles. The summed E-state index contributed by atoms with van der Waals surface area (Å²) in [4.78, 5) is 17.2. The van der Waals surface area contributed by atoms with Crippen LogP contribution in [0.4, 0.5) is 15.8 Å². The predicted molar refractivity (Wildman–Crippen MR) is 68.6 cm³/mol. The Labute approximate surface area is 108 Å². The number of H-pyrrole nitrogens is 1. The van der Waals surface area contributed by atoms with Crippen molar-refractivity contribution in [3.05, 3.63) is 51.8 Å². The Morgan fingerprint density at radius 1 is 1.53 bits per heavy atom. The molecule has 19 heavy (non-hydrogen) atoms. The Morgan fingerprint density at radius 3 is 2.95 bits per heavy atom. The number of aryl methyl sites for hydroxylation is 1. The third-order valence-electron chi connectivity index (χ3n) is 2.71. The fraction of sp³-hybridized carbons (Fsp3) is 0.250. The van der Waals surface area contributed by atoms with Crippen molar-refractivity contribution in [1.29, 1.82) is 0 Å². The Bertz CT molecular complexity index is 584. The van der Waals surface area contributed by atoms with E-state index in [1.165, 1.54) is 6.07 Å². The molecule has 2 aromatic rings. The Balaban J connectivity index is 2.10. The van der Waals surface area contributed by atoms with E-state index in [2.05, 4.69) is 15.3 Å². The summed E-state index contributed by atoms with van der Waals surface area (Å²) in [5.41, 5.74) is 0.420. The largest absolute Gasteiger partial charge is 0.379 e. The van der Waals surface area contributed by atoms with Crippen molar-refractivity contribution in [2.45, 2.75) is 13.3 Å². The lowest BCUT2D eigenvalue weighted by atomic mass is 10.1. The van der Waals surface area contributed by atoms with Crippen LogP contribution < -0.4 is 5.32 Å². The van der Waals surface area contributed by atoms with Crippen molar-refractivity contribution < 1.29 is 9.31 Å². The molecular weight excluding hydrogens is 251 g/mol. The first kappa shape index (κ1) is 13.0. The van der Waals surface area contributed by atoms with Gasteiger partial charge in [0.1, 0.15) is 17.3 Å². The van der Waals surface area contributed by atoms with Gasteiger partial charge >= 0.3 is 0 Å². The van der Waals surface area contributed by atoms with Gasteiger partial charge in [0, 0.05) is 25.4 Å². The van der Waals surface area contributed by atoms with Gasteiger partial charge in [-0.25, -0.2) is 9.37 Å². The first-order valence-electron chi connectivity index (χ1n) is 5.74. The minimum absolute atomic E-state index is 0.262. The standard InChI is InChI=1S/C12H13FN4O2/c1-8-6-10(11(17(18)19)7-9(8)13)14-3-2-12-15-4-5-16-12/h4-7,14H,2-3H2,1H3,(H,15,16). The molecule has 0 aliphatic rings. The van der Waals surface area contributed by atoms with Crippen LogP contribution in [0, 0.1) is 22.9 Å². The highest BCUT2D eigenvalue weighted by atomic mass is 19.1. The summed E-state index contributed by atoms with van der Waals surface area (Å²) < 4.78 is 13.3. The summed E-state index contributed by atoms with van der Waals surface area (Å²) in [6.45, 7) is 2.04. The van der Waals surface area contributed by atoms with Crippen LogP contribution in [0.5, 0.6) is 0 Å². The number of hydrogen-bond acceptors (Lipinski definition) is 4. The lowest BCUT2D eigenvalue weighted by Crippen LogP contribution is -2.08. The quantitative estimate of drug-likeness (QED) is 0.641. The van der Waals surface area contributed by atoms with E-state index in [0.29, 0.717) is 24.2 Å². The number of nitrogens with zero attached hydrogens (tertiary/aromatic N) is 2. The van der Waals surface area contributed by atoms with E-state index >= 15 is 0 Å². The van der Waals surface area contributed by atoms with Gasteiger partial charge in [0.05, 0.1) is 11.0 Å². The predicted octanol–water partition coefficient (Wildman–Crippen LogP) is 2.42. The summed E-state index contributed by atoms with van der Waals surface area (Å²) >= 11 is 0. The van der Waals surface area contributed by atoms with E-state index in [4.69, 9.17) is 0 Å². The molecule has 1 aromatic heterocycles. The minimum Gasteiger partial charge on any atom is -0.379 e. The molecule has 0 fully saturated rings. The van der Waals surface area contributed by atoms with Gasteiger partial charge in [0.2, 0.25) is 0 Å². The molecule has 0 saturated carbocycles. The third kappa shape index (κ3) is 3.06. The zero-order valence-corrected chi connectivity index (χ0v) is 10.3. The van der Waals surface area contributed by atoms with E-state index in [1.54, 1.807) is 19.3 Å². The van der Waals surface area contributed by atoms with Gasteiger partial charge < -0.3 is 10.3 Å². The highest BCUT2D eigenvalue weighted by Crippen LogP contribution is 2.27. The van der Waals surface area contributed by atoms with E-state index in [1.807, 2.05) is 0 Å². The number of aromatic nitrogens is 2. The Hall–Kier alpha value is -2.44. The van der Waals surface area contributed by atoms with Crippen molar-refractivity contribution in [1.82, 2.24) is 9.97 Å². The Morgan fingerprint density at radius 2 is 2.32 bits per heavy atom. The summed E-state index contributed by atoms with van der Waals surface area (Å²) in [6, 6.07) is 2.38. The lowest BCUT2D eigenvalue weighted by Gasteiger charge is -2.07. The number of anilines is 1. The monoisotopic (exact) mass is 264 g/mol. The maximum Gasteiger partial charge on any atom is 0.295 e. The molecule has 7 heteroatoms. The number of hydrogen-bond donors (Lipinski definition) is 2. The topological polar surface area (TPSA) is 83.8 Å². The number of aromatic amines is 1. The van der Waals surface area contributed by atoms with E-state index in [9.17, 15) is 14.5 Å². The molecule has 0 saturated heterocycles. The maximum absolute atomic E-state index is 13.3. The molecule has 0 aliphatic carbocycles. The smallest absolute Gasteiger partial charge is 0.295 e. The second-order valence-electron chi connectivity index (χ2n) is 4.09. The van der Waals surface area contributed by atoms with Gasteiger partial charge in [0.25, 0.3) is 5.69 Å². The van der Waals surface area contributed by atoms with Crippen LogP contribution in [0.1, 0.15) is 11.4 Å². The summed E-state index contributed by atoms with van der Waals surface area (Å²) in [7, 11) is 0. The molecule has 2 N–H and O–H groups in total. The molecular formula is C12H13FN4O2. The van der Waals surface area contributed by atoms with Crippen LogP contribution in [0.15, 0.2) is 24.5 Å². The SMILES string of the molecule is Cc1cc(NCCc2ncc[nH]2)c([N+](=O)[O-])cc1F. The minimum atomic E-state index is -0.599. The fourth-order valence-corrected chi connectivity index (χ4v) is 1.71. The normalized spacial score (nSPS) is 10.4. The number of nitro groups is 1. The number of imidazole rings is 1. The van der Waals surface area contributed by atoms with Gasteiger partial charge in [0.15, 0.2) is 0 Å². The first-order valence-corrected chi connectivity index (χ1v) is 5.74. The maximum atomic E-state index is 13.3. The fourth-order valence-electron chi connectivity index (χ4n) is 1.71. The second-order valence-corrected chi connectivity index (χ2v) is 4.09. The third-order valence-corrected chi connectivity index (χ3v) is 2.71. The van der Waals surface area contributed by atoms with Crippen molar-refractivity contribution in [2.24, 2.45) is 0 Å². The van der Waals surface area contributed by atoms with Crippen molar-refractivity contribution in [2.75, 3.05) is 11.9 Å². The number of halogens is 1. The molecule has 0 amide bonds. The molecule has 6 nitrogen and oxygen atoms in total. The molecule has 0 spiro atoms. The van der Waals surface area contributed by atoms with Gasteiger partial charge in [-0.2, -0.15) is 0 Å². The van der Waals surface area contributed by atoms with Crippen molar-refractivity contribution >= 4 is 11.4 Å². The molecule has 100 valence electrons. The molecule has 1 aromatic carbocycles. The van der Waals surface area contributed by atoms with Crippen LogP contribution in [0.2, 0.25) is 0 Å². The van der Waals surface area contributed by atoms with Crippen molar-refractivity contribution in [3.8, 4) is 0 Å². The van der Waals surface area contributed by atoms with E-state index in [0.717, 1.165) is 11.9 Å². The zero-order valence-electron chi connectivity index (χ0n) is 10.3. The van der Waals surface area contributed by atoms with E-state index in [-0.39, 0.29) is 5.69 Å². The average Bonchev–Trinajstić information content (AvgIpc) is 2.86. The Kier molecular flexibility index (Phi) is 3.74. The summed E-state index contributed by atoms with van der Waals surface area (Å²) in [5.74, 6) is 0.206. The van der Waals surface area contributed by atoms with Crippen LogP contribution >= 0.6 is 0 Å². The summed E-state index contributed by atoms with van der Waals surface area (Å²) in [5, 5.41) is 13.8. The highest BCUT2D eigenvalue weighted by Gasteiger charge is 2.16. The van der Waals surface area contributed by atoms with Crippen LogP contribution in [-0.4, -0.2) is 21.4 Å². The van der Waals surface area contributed by atoms with Gasteiger partial charge in [-0.15, -0.1) is 0 Å². The number of rotatable bonds is 5. The molecule has 0 bridgehead atoms. The van der Waals surface area contributed by atoms with Crippen LogP contribution in [-0.2, 0) is 6.42 Å². The average molecular weight is 264 g/mol. The molecule has 2 rings (SSSR count). The number of nitrogens with one attached hydrogen (secondary N) is 2. The summed E-state index contributed by atoms with van der Waals surface area (Å²) in [6.07, 6.45) is 3.94. The van der Waals surface area contributed by atoms with Crippen LogP contribution in [0.3, 0.4) is 0 Å². The lowest BCUT2D eigenvalue weighted by molar-refractivity contribution is -0.384. The van der Waals surface area contributed by atoms with Gasteiger partial charge in [-0.05, 0) is 18.6 Å². The van der Waals surface area contributed by atoms with Gasteiger partial charge in [-0.3, -0.25) is 10.1 Å². The molecule has 0 radical (unpaired) electrons.